The number of thioether (sulfide) groups is 1. The second-order valence-electron chi connectivity index (χ2n) is 7.32. The summed E-state index contributed by atoms with van der Waals surface area (Å²) in [6, 6.07) is 13.8. The molecule has 0 saturated carbocycles. The number of carbonyl (C=O) groups is 3. The molecule has 0 aliphatic carbocycles. The highest BCUT2D eigenvalue weighted by Gasteiger charge is 2.33. The molecule has 1 aliphatic heterocycles. The summed E-state index contributed by atoms with van der Waals surface area (Å²) in [6.45, 7) is 7.20. The molecule has 0 aromatic heterocycles. The molecule has 3 amide bonds. The van der Waals surface area contributed by atoms with Crippen molar-refractivity contribution in [2.75, 3.05) is 26.3 Å². The average Bonchev–Trinajstić information content (AvgIpc) is 3.12. The number of carbonyl (C=O) groups excluding carboxylic acids is 3. The summed E-state index contributed by atoms with van der Waals surface area (Å²) in [4.78, 5) is 39.7. The summed E-state index contributed by atoms with van der Waals surface area (Å²) in [5.74, 6) is -0.0636. The van der Waals surface area contributed by atoms with E-state index in [0.717, 1.165) is 16.8 Å². The van der Waals surface area contributed by atoms with Gasteiger partial charge in [0.1, 0.15) is 0 Å². The molecule has 0 unspecified atom stereocenters. The van der Waals surface area contributed by atoms with Crippen LogP contribution < -0.4 is 14.9 Å². The minimum atomic E-state index is -0.428. The van der Waals surface area contributed by atoms with Crippen LogP contribution in [0.25, 0.3) is 6.08 Å². The molecule has 10 heteroatoms. The first kappa shape index (κ1) is 26.2. The van der Waals surface area contributed by atoms with Crippen LogP contribution in [0.2, 0.25) is 0 Å². The van der Waals surface area contributed by atoms with Crippen molar-refractivity contribution in [2.45, 2.75) is 20.8 Å². The van der Waals surface area contributed by atoms with Gasteiger partial charge in [0.15, 0.2) is 22.4 Å². The van der Waals surface area contributed by atoms with E-state index in [0.29, 0.717) is 47.2 Å². The van der Waals surface area contributed by atoms with Gasteiger partial charge in [-0.2, -0.15) is 5.01 Å². The highest BCUT2D eigenvalue weighted by Crippen LogP contribution is 2.34. The fourth-order valence-corrected chi connectivity index (χ4v) is 4.46. The van der Waals surface area contributed by atoms with E-state index in [1.54, 1.807) is 59.5 Å². The largest absolute Gasteiger partial charge is 0.490 e. The molecule has 0 radical (unpaired) electrons. The SMILES string of the molecule is CCOc1cc(/C=C2/SC(=S)N(NC(=O)c3ccccc3)C2=O)ccc1OCC(=O)N(CC)CC. The minimum absolute atomic E-state index is 0.0964. The standard InChI is InChI=1S/C25H27N3O5S2/c1-4-27(5-2)22(29)16-33-19-13-12-17(14-20(19)32-6-3)15-21-24(31)28(25(34)35-21)26-23(30)18-10-8-7-9-11-18/h7-15H,4-6,16H2,1-3H3,(H,26,30)/b21-15+. The Morgan fingerprint density at radius 1 is 1.06 bits per heavy atom. The lowest BCUT2D eigenvalue weighted by molar-refractivity contribution is -0.133. The number of ether oxygens (including phenoxy) is 2. The van der Waals surface area contributed by atoms with E-state index in [1.165, 1.54) is 0 Å². The second kappa shape index (κ2) is 12.4. The Morgan fingerprint density at radius 3 is 2.43 bits per heavy atom. The van der Waals surface area contributed by atoms with Crippen LogP contribution in [0.1, 0.15) is 36.7 Å². The maximum absolute atomic E-state index is 12.9. The van der Waals surface area contributed by atoms with E-state index in [1.807, 2.05) is 20.8 Å². The number of likely N-dealkylation sites (N-methyl/N-ethyl adjacent to an activating group) is 1. The summed E-state index contributed by atoms with van der Waals surface area (Å²) in [5, 5.41) is 1.07. The number of nitrogens with one attached hydrogen (secondary N) is 1. The van der Waals surface area contributed by atoms with Crippen molar-refractivity contribution in [3.05, 3.63) is 64.6 Å². The quantitative estimate of drug-likeness (QED) is 0.381. The molecular formula is C25H27N3O5S2. The second-order valence-corrected chi connectivity index (χ2v) is 8.99. The summed E-state index contributed by atoms with van der Waals surface area (Å²) in [5.41, 5.74) is 3.66. The number of hydrogen-bond donors (Lipinski definition) is 1. The summed E-state index contributed by atoms with van der Waals surface area (Å²) in [7, 11) is 0. The van der Waals surface area contributed by atoms with Crippen molar-refractivity contribution in [1.29, 1.82) is 0 Å². The van der Waals surface area contributed by atoms with Gasteiger partial charge in [0.2, 0.25) is 0 Å². The molecule has 1 fully saturated rings. The lowest BCUT2D eigenvalue weighted by atomic mass is 10.2. The van der Waals surface area contributed by atoms with Crippen molar-refractivity contribution in [3.63, 3.8) is 0 Å². The zero-order valence-electron chi connectivity index (χ0n) is 19.8. The third-order valence-corrected chi connectivity index (χ3v) is 6.38. The van der Waals surface area contributed by atoms with Gasteiger partial charge in [-0.1, -0.05) is 36.0 Å². The van der Waals surface area contributed by atoms with Crippen molar-refractivity contribution < 1.29 is 23.9 Å². The first-order valence-electron chi connectivity index (χ1n) is 11.2. The van der Waals surface area contributed by atoms with Crippen LogP contribution in [0.15, 0.2) is 53.4 Å². The number of thiocarbonyl (C=S) groups is 1. The number of nitrogens with zero attached hydrogens (tertiary/aromatic N) is 2. The maximum atomic E-state index is 12.9. The molecule has 8 nitrogen and oxygen atoms in total. The van der Waals surface area contributed by atoms with Gasteiger partial charge < -0.3 is 14.4 Å². The zero-order chi connectivity index (χ0) is 25.4. The van der Waals surface area contributed by atoms with Gasteiger partial charge in [-0.3, -0.25) is 19.8 Å². The molecule has 1 N–H and O–H groups in total. The molecule has 184 valence electrons. The molecule has 1 saturated heterocycles. The Balaban J connectivity index is 1.74. The third kappa shape index (κ3) is 6.61. The highest BCUT2D eigenvalue weighted by molar-refractivity contribution is 8.26. The number of hydrazine groups is 1. The maximum Gasteiger partial charge on any atom is 0.285 e. The first-order valence-corrected chi connectivity index (χ1v) is 12.4. The van der Waals surface area contributed by atoms with Crippen molar-refractivity contribution in [3.8, 4) is 11.5 Å². The number of amides is 3. The van der Waals surface area contributed by atoms with Gasteiger partial charge in [0, 0.05) is 18.7 Å². The van der Waals surface area contributed by atoms with Crippen LogP contribution in [0.4, 0.5) is 0 Å². The number of benzene rings is 2. The Labute approximate surface area is 214 Å². The fraction of sp³-hybridized carbons (Fsp3) is 0.280. The predicted octanol–water partition coefficient (Wildman–Crippen LogP) is 3.88. The van der Waals surface area contributed by atoms with Crippen LogP contribution in [0.5, 0.6) is 11.5 Å². The van der Waals surface area contributed by atoms with E-state index in [-0.39, 0.29) is 16.8 Å². The molecule has 0 bridgehead atoms. The summed E-state index contributed by atoms with van der Waals surface area (Å²) < 4.78 is 11.6. The Kier molecular flexibility index (Phi) is 9.27. The van der Waals surface area contributed by atoms with Gasteiger partial charge >= 0.3 is 0 Å². The van der Waals surface area contributed by atoms with E-state index in [4.69, 9.17) is 21.7 Å². The van der Waals surface area contributed by atoms with E-state index < -0.39 is 11.8 Å². The smallest absolute Gasteiger partial charge is 0.285 e. The van der Waals surface area contributed by atoms with Crippen molar-refractivity contribution >= 4 is 52.1 Å². The van der Waals surface area contributed by atoms with Crippen LogP contribution in [-0.4, -0.2) is 58.3 Å². The van der Waals surface area contributed by atoms with Gasteiger partial charge in [0.25, 0.3) is 17.7 Å². The molecule has 3 rings (SSSR count). The third-order valence-electron chi connectivity index (χ3n) is 5.08. The van der Waals surface area contributed by atoms with Crippen molar-refractivity contribution in [2.24, 2.45) is 0 Å². The van der Waals surface area contributed by atoms with E-state index in [9.17, 15) is 14.4 Å². The molecule has 1 heterocycles. The monoisotopic (exact) mass is 513 g/mol. The van der Waals surface area contributed by atoms with Gasteiger partial charge in [-0.25, -0.2) is 0 Å². The number of hydrogen-bond acceptors (Lipinski definition) is 7. The first-order chi connectivity index (χ1) is 16.9. The molecule has 35 heavy (non-hydrogen) atoms. The van der Waals surface area contributed by atoms with E-state index >= 15 is 0 Å². The van der Waals surface area contributed by atoms with Gasteiger partial charge in [-0.05, 0) is 68.9 Å². The molecule has 2 aromatic rings. The fourth-order valence-electron chi connectivity index (χ4n) is 3.28. The van der Waals surface area contributed by atoms with Crippen LogP contribution in [0, 0.1) is 0 Å². The Morgan fingerprint density at radius 2 is 1.77 bits per heavy atom. The number of rotatable bonds is 10. The molecule has 1 aliphatic rings. The summed E-state index contributed by atoms with van der Waals surface area (Å²) in [6.07, 6.45) is 1.67. The summed E-state index contributed by atoms with van der Waals surface area (Å²) >= 11 is 6.39. The lowest BCUT2D eigenvalue weighted by Crippen LogP contribution is -2.44. The predicted molar refractivity (Wildman–Crippen MR) is 140 cm³/mol. The van der Waals surface area contributed by atoms with Crippen molar-refractivity contribution in [1.82, 2.24) is 15.3 Å². The normalized spacial score (nSPS) is 14.3. The van der Waals surface area contributed by atoms with Crippen LogP contribution in [0.3, 0.4) is 0 Å². The Bertz CT molecular complexity index is 1130. The Hall–Kier alpha value is -3.37. The zero-order valence-corrected chi connectivity index (χ0v) is 21.4. The average molecular weight is 514 g/mol. The molecule has 0 atom stereocenters. The van der Waals surface area contributed by atoms with Gasteiger partial charge in [0.05, 0.1) is 11.5 Å². The molecule has 0 spiro atoms. The molecular weight excluding hydrogens is 486 g/mol. The highest BCUT2D eigenvalue weighted by atomic mass is 32.2. The molecule has 2 aromatic carbocycles. The topological polar surface area (TPSA) is 88.2 Å². The van der Waals surface area contributed by atoms with Crippen LogP contribution >= 0.6 is 24.0 Å². The van der Waals surface area contributed by atoms with E-state index in [2.05, 4.69) is 5.43 Å². The van der Waals surface area contributed by atoms with Crippen LogP contribution in [-0.2, 0) is 9.59 Å². The van der Waals surface area contributed by atoms with Gasteiger partial charge in [-0.15, -0.1) is 0 Å². The lowest BCUT2D eigenvalue weighted by Gasteiger charge is -2.19. The minimum Gasteiger partial charge on any atom is -0.490 e.